The fourth-order valence-electron chi connectivity index (χ4n) is 3.18. The first-order chi connectivity index (χ1) is 9.14. The van der Waals surface area contributed by atoms with E-state index in [2.05, 4.69) is 43.4 Å². The van der Waals surface area contributed by atoms with Gasteiger partial charge in [0.25, 0.3) is 0 Å². The van der Waals surface area contributed by atoms with E-state index in [-0.39, 0.29) is 5.60 Å². The Labute approximate surface area is 120 Å². The van der Waals surface area contributed by atoms with Crippen molar-refractivity contribution in [3.63, 3.8) is 0 Å². The molecule has 2 aliphatic rings. The third-order valence-corrected chi connectivity index (χ3v) is 5.19. The van der Waals surface area contributed by atoms with Crippen molar-refractivity contribution in [1.29, 1.82) is 0 Å². The zero-order chi connectivity index (χ0) is 13.3. The summed E-state index contributed by atoms with van der Waals surface area (Å²) in [6.45, 7) is 5.28. The van der Waals surface area contributed by atoms with Crippen molar-refractivity contribution < 1.29 is 4.74 Å². The van der Waals surface area contributed by atoms with Crippen molar-refractivity contribution in [1.82, 2.24) is 5.32 Å². The van der Waals surface area contributed by atoms with Crippen LogP contribution in [0.25, 0.3) is 0 Å². The molecular formula is C16H23NOS. The van der Waals surface area contributed by atoms with Crippen LogP contribution in [0.2, 0.25) is 0 Å². The van der Waals surface area contributed by atoms with E-state index in [1.165, 1.54) is 16.9 Å². The highest BCUT2D eigenvalue weighted by Crippen LogP contribution is 2.33. The third kappa shape index (κ3) is 3.15. The van der Waals surface area contributed by atoms with Crippen LogP contribution >= 0.6 is 11.8 Å². The van der Waals surface area contributed by atoms with Crippen molar-refractivity contribution >= 4 is 11.8 Å². The van der Waals surface area contributed by atoms with Crippen molar-refractivity contribution in [2.75, 3.05) is 12.4 Å². The van der Waals surface area contributed by atoms with Crippen LogP contribution in [0.4, 0.5) is 0 Å². The Morgan fingerprint density at radius 3 is 3.00 bits per heavy atom. The predicted molar refractivity (Wildman–Crippen MR) is 81.5 cm³/mol. The van der Waals surface area contributed by atoms with Crippen LogP contribution in [0, 0.1) is 0 Å². The molecule has 0 bridgehead atoms. The highest BCUT2D eigenvalue weighted by atomic mass is 32.2. The fraction of sp³-hybridized carbons (Fsp3) is 0.625. The molecule has 2 unspecified atom stereocenters. The molecule has 0 spiro atoms. The zero-order valence-corrected chi connectivity index (χ0v) is 12.6. The molecule has 1 saturated heterocycles. The summed E-state index contributed by atoms with van der Waals surface area (Å²) in [5.41, 5.74) is 3.03. The molecule has 1 N–H and O–H groups in total. The average molecular weight is 277 g/mol. The molecule has 0 radical (unpaired) electrons. The average Bonchev–Trinajstić information content (AvgIpc) is 2.38. The zero-order valence-electron chi connectivity index (χ0n) is 11.8. The molecule has 1 fully saturated rings. The Bertz CT molecular complexity index is 446. The lowest BCUT2D eigenvalue weighted by Gasteiger charge is -2.38. The summed E-state index contributed by atoms with van der Waals surface area (Å²) < 4.78 is 5.81. The number of rotatable bonds is 2. The summed E-state index contributed by atoms with van der Waals surface area (Å²) in [5.74, 6) is 2.35. The monoisotopic (exact) mass is 277 g/mol. The van der Waals surface area contributed by atoms with Gasteiger partial charge in [-0.2, -0.15) is 11.8 Å². The van der Waals surface area contributed by atoms with Gasteiger partial charge in [0.15, 0.2) is 0 Å². The highest BCUT2D eigenvalue weighted by molar-refractivity contribution is 7.98. The molecule has 0 aliphatic carbocycles. The van der Waals surface area contributed by atoms with Crippen molar-refractivity contribution in [3.8, 4) is 0 Å². The van der Waals surface area contributed by atoms with Crippen LogP contribution in [-0.4, -0.2) is 24.0 Å². The maximum Gasteiger partial charge on any atom is 0.0641 e. The van der Waals surface area contributed by atoms with Crippen LogP contribution in [0.1, 0.15) is 43.9 Å². The van der Waals surface area contributed by atoms with E-state index < -0.39 is 0 Å². The van der Waals surface area contributed by atoms with Gasteiger partial charge in [0.1, 0.15) is 0 Å². The van der Waals surface area contributed by atoms with Crippen molar-refractivity contribution in [2.24, 2.45) is 0 Å². The van der Waals surface area contributed by atoms with Crippen LogP contribution in [0.15, 0.2) is 24.3 Å². The molecule has 3 rings (SSSR count). The van der Waals surface area contributed by atoms with E-state index in [4.69, 9.17) is 4.74 Å². The van der Waals surface area contributed by atoms with E-state index in [1.54, 1.807) is 0 Å². The lowest BCUT2D eigenvalue weighted by atomic mass is 9.92. The molecule has 104 valence electrons. The molecule has 2 atom stereocenters. The minimum absolute atomic E-state index is 0.0250. The molecule has 1 aromatic rings. The van der Waals surface area contributed by atoms with Gasteiger partial charge in [-0.25, -0.2) is 0 Å². The first kappa shape index (κ1) is 13.5. The largest absolute Gasteiger partial charge is 0.375 e. The lowest BCUT2D eigenvalue weighted by molar-refractivity contribution is -0.0639. The first-order valence-electron chi connectivity index (χ1n) is 7.20. The number of nitrogens with one attached hydrogen (secondary N) is 1. The number of thioether (sulfide) groups is 1. The van der Waals surface area contributed by atoms with Gasteiger partial charge in [-0.15, -0.1) is 0 Å². The topological polar surface area (TPSA) is 21.3 Å². The molecule has 2 aliphatic heterocycles. The molecule has 19 heavy (non-hydrogen) atoms. The maximum atomic E-state index is 5.81. The van der Waals surface area contributed by atoms with Gasteiger partial charge in [-0.05, 0) is 37.8 Å². The molecule has 1 aromatic carbocycles. The molecule has 3 heteroatoms. The van der Waals surface area contributed by atoms with Crippen LogP contribution in [0.5, 0.6) is 0 Å². The summed E-state index contributed by atoms with van der Waals surface area (Å²) in [6.07, 6.45) is 2.24. The Kier molecular flexibility index (Phi) is 3.88. The summed E-state index contributed by atoms with van der Waals surface area (Å²) in [5, 5.41) is 3.87. The second-order valence-electron chi connectivity index (χ2n) is 6.23. The minimum atomic E-state index is 0.0250. The Hall–Kier alpha value is -0.510. The Balaban J connectivity index is 1.71. The second-order valence-corrected chi connectivity index (χ2v) is 7.26. The predicted octanol–water partition coefficient (Wildman–Crippen LogP) is 3.52. The Morgan fingerprint density at radius 1 is 1.32 bits per heavy atom. The van der Waals surface area contributed by atoms with Gasteiger partial charge in [0, 0.05) is 30.2 Å². The lowest BCUT2D eigenvalue weighted by Crippen LogP contribution is -2.45. The molecule has 2 nitrogen and oxygen atoms in total. The number of ether oxygens (including phenoxy) is 1. The van der Waals surface area contributed by atoms with Gasteiger partial charge in [-0.1, -0.05) is 24.3 Å². The van der Waals surface area contributed by atoms with E-state index >= 15 is 0 Å². The number of hydrogen-bond donors (Lipinski definition) is 1. The summed E-state index contributed by atoms with van der Waals surface area (Å²) in [6, 6.07) is 9.97. The van der Waals surface area contributed by atoms with E-state index in [0.29, 0.717) is 12.1 Å². The van der Waals surface area contributed by atoms with Gasteiger partial charge in [-0.3, -0.25) is 0 Å². The smallest absolute Gasteiger partial charge is 0.0641 e. The summed E-state index contributed by atoms with van der Waals surface area (Å²) in [7, 11) is 0. The summed E-state index contributed by atoms with van der Waals surface area (Å²) in [4.78, 5) is 0. The van der Waals surface area contributed by atoms with Crippen LogP contribution in [0.3, 0.4) is 0 Å². The molecule has 0 aromatic heterocycles. The van der Waals surface area contributed by atoms with Gasteiger partial charge in [0.2, 0.25) is 0 Å². The highest BCUT2D eigenvalue weighted by Gasteiger charge is 2.31. The van der Waals surface area contributed by atoms with Crippen molar-refractivity contribution in [2.45, 2.75) is 50.1 Å². The van der Waals surface area contributed by atoms with E-state index in [1.807, 2.05) is 11.8 Å². The van der Waals surface area contributed by atoms with Gasteiger partial charge < -0.3 is 10.1 Å². The number of benzene rings is 1. The molecular weight excluding hydrogens is 254 g/mol. The maximum absolute atomic E-state index is 5.81. The molecule has 2 heterocycles. The van der Waals surface area contributed by atoms with Crippen LogP contribution < -0.4 is 5.32 Å². The van der Waals surface area contributed by atoms with Crippen molar-refractivity contribution in [3.05, 3.63) is 35.4 Å². The number of fused-ring (bicyclic) bond motifs is 1. The molecule has 0 saturated carbocycles. The Morgan fingerprint density at radius 2 is 2.16 bits per heavy atom. The SMILES string of the molecule is CC1(C)CC(NC2CSCc3ccccc32)CCO1. The second kappa shape index (κ2) is 5.47. The normalized spacial score (nSPS) is 29.8. The minimum Gasteiger partial charge on any atom is -0.375 e. The summed E-state index contributed by atoms with van der Waals surface area (Å²) >= 11 is 2.04. The quantitative estimate of drug-likeness (QED) is 0.893. The molecule has 0 amide bonds. The van der Waals surface area contributed by atoms with Crippen LogP contribution in [-0.2, 0) is 10.5 Å². The standard InChI is InChI=1S/C16H23NOS/c1-16(2)9-13(7-8-18-16)17-15-11-19-10-12-5-3-4-6-14(12)15/h3-6,13,15,17H,7-11H2,1-2H3. The van der Waals surface area contributed by atoms with Gasteiger partial charge >= 0.3 is 0 Å². The third-order valence-electron chi connectivity index (χ3n) is 4.11. The van der Waals surface area contributed by atoms with Gasteiger partial charge in [0.05, 0.1) is 5.60 Å². The fourth-order valence-corrected chi connectivity index (χ4v) is 4.29. The van der Waals surface area contributed by atoms with E-state index in [9.17, 15) is 0 Å². The first-order valence-corrected chi connectivity index (χ1v) is 8.35. The van der Waals surface area contributed by atoms with E-state index in [0.717, 1.165) is 25.2 Å². The number of hydrogen-bond acceptors (Lipinski definition) is 3.